The van der Waals surface area contributed by atoms with Crippen molar-refractivity contribution >= 4 is 27.6 Å². The fourth-order valence-corrected chi connectivity index (χ4v) is 5.33. The molecule has 3 N–H and O–H groups in total. The van der Waals surface area contributed by atoms with E-state index in [0.29, 0.717) is 41.5 Å². The molecule has 0 radical (unpaired) electrons. The van der Waals surface area contributed by atoms with Gasteiger partial charge in [-0.2, -0.15) is 5.10 Å². The van der Waals surface area contributed by atoms with Crippen LogP contribution >= 0.6 is 0 Å². The second-order valence-corrected chi connectivity index (χ2v) is 11.1. The van der Waals surface area contributed by atoms with Crippen LogP contribution in [0.2, 0.25) is 0 Å². The van der Waals surface area contributed by atoms with Crippen molar-refractivity contribution < 1.29 is 9.13 Å². The molecule has 9 nitrogen and oxygen atoms in total. The van der Waals surface area contributed by atoms with Gasteiger partial charge in [-0.05, 0) is 62.1 Å². The van der Waals surface area contributed by atoms with Crippen molar-refractivity contribution in [2.24, 2.45) is 0 Å². The molecule has 0 aliphatic rings. The number of pyridine rings is 3. The lowest BCUT2D eigenvalue weighted by Gasteiger charge is -2.12. The molecule has 5 heterocycles. The first-order valence-electron chi connectivity index (χ1n) is 14.6. The first-order chi connectivity index (χ1) is 22.0. The molecule has 0 fully saturated rings. The minimum Gasteiger partial charge on any atom is -0.487 e. The van der Waals surface area contributed by atoms with Crippen molar-refractivity contribution in [1.29, 1.82) is 0 Å². The van der Waals surface area contributed by atoms with E-state index >= 15 is 0 Å². The number of nitrogens with zero attached hydrogens (tertiary/aromatic N) is 5. The van der Waals surface area contributed by atoms with Crippen molar-refractivity contribution in [3.63, 3.8) is 0 Å². The molecule has 7 aromatic rings. The van der Waals surface area contributed by atoms with Crippen molar-refractivity contribution in [3.05, 3.63) is 109 Å². The average Bonchev–Trinajstić information content (AvgIpc) is 3.68. The van der Waals surface area contributed by atoms with Crippen molar-refractivity contribution in [3.8, 4) is 39.5 Å². The molecule has 0 amide bonds. The summed E-state index contributed by atoms with van der Waals surface area (Å²) in [5.74, 6) is 0.350. The highest BCUT2D eigenvalue weighted by Gasteiger charge is 2.17. The third-order valence-corrected chi connectivity index (χ3v) is 7.57. The van der Waals surface area contributed by atoms with Gasteiger partial charge in [0.1, 0.15) is 23.9 Å². The van der Waals surface area contributed by atoms with E-state index in [2.05, 4.69) is 40.3 Å². The van der Waals surface area contributed by atoms with Gasteiger partial charge in [-0.3, -0.25) is 15.1 Å². The summed E-state index contributed by atoms with van der Waals surface area (Å²) in [6.45, 7) is 1.99. The number of likely N-dealkylation sites (N-methyl/N-ethyl adjacent to an activating group) is 1. The molecule has 0 bridgehead atoms. The molecule has 45 heavy (non-hydrogen) atoms. The van der Waals surface area contributed by atoms with Crippen LogP contribution in [0.25, 0.3) is 55.7 Å². The summed E-state index contributed by atoms with van der Waals surface area (Å²) in [4.78, 5) is 19.2. The Morgan fingerprint density at radius 3 is 2.58 bits per heavy atom. The third-order valence-electron chi connectivity index (χ3n) is 7.57. The Morgan fingerprint density at radius 1 is 0.844 bits per heavy atom. The van der Waals surface area contributed by atoms with E-state index in [-0.39, 0.29) is 5.82 Å². The smallest absolute Gasteiger partial charge is 0.155 e. The van der Waals surface area contributed by atoms with E-state index in [1.54, 1.807) is 24.8 Å². The highest BCUT2D eigenvalue weighted by molar-refractivity contribution is 6.00. The minimum absolute atomic E-state index is 0.324. The van der Waals surface area contributed by atoms with E-state index in [1.807, 2.05) is 74.8 Å². The Labute approximate surface area is 259 Å². The van der Waals surface area contributed by atoms with Crippen LogP contribution < -0.4 is 10.1 Å². The molecule has 0 unspecified atom stereocenters. The van der Waals surface area contributed by atoms with Gasteiger partial charge in [0.2, 0.25) is 0 Å². The second kappa shape index (κ2) is 12.2. The first kappa shape index (κ1) is 28.2. The number of H-pyrrole nitrogens is 2. The molecule has 0 atom stereocenters. The lowest BCUT2D eigenvalue weighted by Crippen LogP contribution is -2.20. The Kier molecular flexibility index (Phi) is 7.62. The Morgan fingerprint density at radius 2 is 1.71 bits per heavy atom. The minimum atomic E-state index is -0.324. The molecule has 0 spiro atoms. The van der Waals surface area contributed by atoms with Gasteiger partial charge in [-0.15, -0.1) is 0 Å². The van der Waals surface area contributed by atoms with Crippen LogP contribution in [0.4, 0.5) is 10.1 Å². The number of halogens is 1. The first-order valence-corrected chi connectivity index (χ1v) is 14.6. The number of benzene rings is 2. The molecule has 224 valence electrons. The van der Waals surface area contributed by atoms with Crippen LogP contribution in [0.15, 0.2) is 97.6 Å². The molecule has 0 aliphatic heterocycles. The molecule has 0 saturated heterocycles. The van der Waals surface area contributed by atoms with Gasteiger partial charge in [0.25, 0.3) is 0 Å². The van der Waals surface area contributed by atoms with Crippen molar-refractivity contribution in [2.45, 2.75) is 6.61 Å². The Hall–Kier alpha value is -5.61. The van der Waals surface area contributed by atoms with Gasteiger partial charge in [0.05, 0.1) is 17.6 Å². The summed E-state index contributed by atoms with van der Waals surface area (Å²) in [5, 5.41) is 12.7. The van der Waals surface area contributed by atoms with Crippen LogP contribution in [-0.4, -0.2) is 62.2 Å². The maximum Gasteiger partial charge on any atom is 0.155 e. The van der Waals surface area contributed by atoms with E-state index in [1.165, 1.54) is 12.1 Å². The van der Waals surface area contributed by atoms with Gasteiger partial charge >= 0.3 is 0 Å². The highest BCUT2D eigenvalue weighted by atomic mass is 19.1. The third kappa shape index (κ3) is 6.09. The summed E-state index contributed by atoms with van der Waals surface area (Å²) < 4.78 is 20.7. The largest absolute Gasteiger partial charge is 0.487 e. The highest BCUT2D eigenvalue weighted by Crippen LogP contribution is 2.35. The zero-order chi connectivity index (χ0) is 30.8. The van der Waals surface area contributed by atoms with Gasteiger partial charge < -0.3 is 19.9 Å². The second-order valence-electron chi connectivity index (χ2n) is 11.1. The molecule has 2 aromatic carbocycles. The maximum atomic E-state index is 14.7. The average molecular weight is 599 g/mol. The number of nitrogens with one attached hydrogen (secondary N) is 3. The normalized spacial score (nSPS) is 11.5. The van der Waals surface area contributed by atoms with Crippen LogP contribution in [0.5, 0.6) is 5.75 Å². The number of aromatic amines is 2. The number of hydrogen-bond donors (Lipinski definition) is 3. The molecule has 7 rings (SSSR count). The maximum absolute atomic E-state index is 14.7. The SMILES string of the molecule is CN(C)CCNc1cc(F)cc(-c2nccc3[nH]c(-c4n[nH]c5ncc(-c6cncc(OCc7ccccc7)c6)cc45)cc23)c1. The Bertz CT molecular complexity index is 2100. The summed E-state index contributed by atoms with van der Waals surface area (Å²) in [5.41, 5.74) is 7.98. The van der Waals surface area contributed by atoms with Crippen LogP contribution in [0.1, 0.15) is 5.56 Å². The van der Waals surface area contributed by atoms with E-state index in [0.717, 1.165) is 50.9 Å². The zero-order valence-electron chi connectivity index (χ0n) is 24.9. The topological polar surface area (TPSA) is 108 Å². The standard InChI is InChI=1S/C35H31FN8O/c1-44(2)11-10-38-27-13-23(12-26(36)16-27)33-29-17-32(41-31(29)8-9-39-33)34-30-15-25(19-40-35(30)43-42-34)24-14-28(20-37-18-24)45-21-22-6-4-3-5-7-22/h3-9,12-20,38,41H,10-11,21H2,1-2H3,(H,40,42,43). The molecule has 0 saturated carbocycles. The lowest BCUT2D eigenvalue weighted by molar-refractivity contribution is 0.305. The van der Waals surface area contributed by atoms with Crippen LogP contribution in [0, 0.1) is 5.82 Å². The number of aromatic nitrogens is 6. The van der Waals surface area contributed by atoms with Gasteiger partial charge in [-0.25, -0.2) is 9.37 Å². The van der Waals surface area contributed by atoms with E-state index < -0.39 is 0 Å². The van der Waals surface area contributed by atoms with E-state index in [9.17, 15) is 4.39 Å². The predicted molar refractivity (Wildman–Crippen MR) is 175 cm³/mol. The summed E-state index contributed by atoms with van der Waals surface area (Å²) in [7, 11) is 4.01. The number of ether oxygens (including phenoxy) is 1. The van der Waals surface area contributed by atoms with Crippen LogP contribution in [-0.2, 0) is 6.61 Å². The number of hydrogen-bond acceptors (Lipinski definition) is 7. The summed E-state index contributed by atoms with van der Waals surface area (Å²) in [6, 6.07) is 22.9. The summed E-state index contributed by atoms with van der Waals surface area (Å²) in [6.07, 6.45) is 7.02. The van der Waals surface area contributed by atoms with Gasteiger partial charge in [-0.1, -0.05) is 30.3 Å². The van der Waals surface area contributed by atoms with Gasteiger partial charge in [0, 0.05) is 70.3 Å². The van der Waals surface area contributed by atoms with Crippen molar-refractivity contribution in [2.75, 3.05) is 32.5 Å². The fourth-order valence-electron chi connectivity index (χ4n) is 5.33. The number of rotatable bonds is 10. The zero-order valence-corrected chi connectivity index (χ0v) is 24.9. The molecule has 5 aromatic heterocycles. The quantitative estimate of drug-likeness (QED) is 0.157. The molecule has 0 aliphatic carbocycles. The molecular formula is C35H31FN8O. The molecular weight excluding hydrogens is 567 g/mol. The monoisotopic (exact) mass is 598 g/mol. The van der Waals surface area contributed by atoms with Crippen LogP contribution in [0.3, 0.4) is 0 Å². The van der Waals surface area contributed by atoms with Gasteiger partial charge in [0.15, 0.2) is 5.65 Å². The van der Waals surface area contributed by atoms with Crippen molar-refractivity contribution in [1.82, 2.24) is 35.0 Å². The number of anilines is 1. The Balaban J connectivity index is 1.20. The van der Waals surface area contributed by atoms with E-state index in [4.69, 9.17) is 4.74 Å². The summed E-state index contributed by atoms with van der Waals surface area (Å²) >= 11 is 0. The lowest BCUT2D eigenvalue weighted by atomic mass is 10.1. The number of fused-ring (bicyclic) bond motifs is 2. The predicted octanol–water partition coefficient (Wildman–Crippen LogP) is 6.92. The molecule has 10 heteroatoms. The fraction of sp³-hybridized carbons (Fsp3) is 0.143.